The van der Waals surface area contributed by atoms with Gasteiger partial charge in [0.25, 0.3) is 0 Å². The van der Waals surface area contributed by atoms with Crippen molar-refractivity contribution in [2.24, 2.45) is 0 Å². The molecule has 2 rings (SSSR count). The summed E-state index contributed by atoms with van der Waals surface area (Å²) in [6.45, 7) is 5.55. The van der Waals surface area contributed by atoms with Gasteiger partial charge in [0.05, 0.1) is 6.61 Å². The van der Waals surface area contributed by atoms with E-state index in [0.29, 0.717) is 24.9 Å². The molecule has 2 aromatic carbocycles. The zero-order chi connectivity index (χ0) is 21.2. The van der Waals surface area contributed by atoms with E-state index in [9.17, 15) is 9.90 Å². The first-order valence-corrected chi connectivity index (χ1v) is 9.80. The number of nitrogens with zero attached hydrogens (tertiary/aromatic N) is 1. The number of para-hydroxylation sites is 1. The molecule has 0 aliphatic rings. The van der Waals surface area contributed by atoms with Gasteiger partial charge in [0.1, 0.15) is 29.8 Å². The number of likely N-dealkylation sites (N-methyl/N-ethyl adjacent to an activating group) is 1. The van der Waals surface area contributed by atoms with Crippen LogP contribution in [0.25, 0.3) is 0 Å². The van der Waals surface area contributed by atoms with Gasteiger partial charge in [-0.25, -0.2) is 4.79 Å². The van der Waals surface area contributed by atoms with Crippen LogP contribution in [0.4, 0.5) is 0 Å². The number of carbonyl (C=O) groups is 1. The van der Waals surface area contributed by atoms with Crippen molar-refractivity contribution < 1.29 is 24.1 Å². The van der Waals surface area contributed by atoms with Gasteiger partial charge in [0, 0.05) is 19.7 Å². The summed E-state index contributed by atoms with van der Waals surface area (Å²) in [5.74, 6) is 0.0479. The lowest BCUT2D eigenvalue weighted by molar-refractivity contribution is 0.00540. The summed E-state index contributed by atoms with van der Waals surface area (Å²) in [4.78, 5) is 14.6. The zero-order valence-corrected chi connectivity index (χ0v) is 17.6. The Morgan fingerprint density at radius 2 is 1.79 bits per heavy atom. The molecule has 2 aromatic rings. The van der Waals surface area contributed by atoms with Crippen LogP contribution < -0.4 is 4.74 Å². The summed E-state index contributed by atoms with van der Waals surface area (Å²) in [7, 11) is 3.65. The van der Waals surface area contributed by atoms with E-state index in [1.165, 1.54) is 11.6 Å². The van der Waals surface area contributed by atoms with Crippen molar-refractivity contribution in [1.29, 1.82) is 0 Å². The van der Waals surface area contributed by atoms with Gasteiger partial charge in [-0.3, -0.25) is 0 Å². The number of phenolic OH excluding ortho intramolecular Hbond substituents is 1. The van der Waals surface area contributed by atoms with E-state index >= 15 is 0 Å². The van der Waals surface area contributed by atoms with Crippen molar-refractivity contribution in [2.45, 2.75) is 32.4 Å². The van der Waals surface area contributed by atoms with Crippen molar-refractivity contribution in [2.75, 3.05) is 33.9 Å². The van der Waals surface area contributed by atoms with E-state index in [-0.39, 0.29) is 17.9 Å². The summed E-state index contributed by atoms with van der Waals surface area (Å²) in [6, 6.07) is 14.4. The molecule has 0 saturated carbocycles. The first-order chi connectivity index (χ1) is 13.9. The topological polar surface area (TPSA) is 68.2 Å². The second-order valence-electron chi connectivity index (χ2n) is 7.28. The van der Waals surface area contributed by atoms with Crippen LogP contribution in [0.2, 0.25) is 0 Å². The predicted octanol–water partition coefficient (Wildman–Crippen LogP) is 3.53. The first kappa shape index (κ1) is 22.7. The normalized spacial score (nSPS) is 12.2. The van der Waals surface area contributed by atoms with Gasteiger partial charge in [-0.15, -0.1) is 0 Å². The van der Waals surface area contributed by atoms with Crippen molar-refractivity contribution in [3.05, 3.63) is 59.7 Å². The minimum Gasteiger partial charge on any atom is -0.507 e. The number of aromatic hydroxyl groups is 1. The molecule has 0 amide bonds. The number of benzene rings is 2. The van der Waals surface area contributed by atoms with E-state index < -0.39 is 12.1 Å². The zero-order valence-electron chi connectivity index (χ0n) is 17.6. The van der Waals surface area contributed by atoms with Gasteiger partial charge in [0.15, 0.2) is 0 Å². The molecule has 158 valence electrons. The van der Waals surface area contributed by atoms with Gasteiger partial charge in [-0.2, -0.15) is 0 Å². The van der Waals surface area contributed by atoms with Crippen LogP contribution in [0.1, 0.15) is 29.8 Å². The average molecular weight is 402 g/mol. The molecule has 0 radical (unpaired) electrons. The molecule has 1 unspecified atom stereocenters. The van der Waals surface area contributed by atoms with Crippen LogP contribution in [0.5, 0.6) is 11.5 Å². The molecule has 0 heterocycles. The highest BCUT2D eigenvalue weighted by Crippen LogP contribution is 2.19. The Hall–Kier alpha value is -2.57. The Balaban J connectivity index is 2.02. The van der Waals surface area contributed by atoms with Crippen LogP contribution in [0.15, 0.2) is 48.5 Å². The number of phenols is 1. The monoisotopic (exact) mass is 401 g/mol. The largest absolute Gasteiger partial charge is 0.507 e. The summed E-state index contributed by atoms with van der Waals surface area (Å²) in [5.41, 5.74) is 1.31. The van der Waals surface area contributed by atoms with Crippen molar-refractivity contribution in [3.8, 4) is 11.5 Å². The standard InChI is InChI=1S/C23H31NO5/c1-17(2)24(3)15-20(29-23(26)21-7-5-6-8-22(21)25)16-28-19-11-9-18(10-12-19)13-14-27-4/h5-12,17,20,25H,13-16H2,1-4H3. The third-order valence-electron chi connectivity index (χ3n) is 4.72. The second-order valence-corrected chi connectivity index (χ2v) is 7.28. The Labute approximate surface area is 173 Å². The summed E-state index contributed by atoms with van der Waals surface area (Å²) < 4.78 is 16.6. The summed E-state index contributed by atoms with van der Waals surface area (Å²) >= 11 is 0. The van der Waals surface area contributed by atoms with E-state index in [1.54, 1.807) is 25.3 Å². The number of ether oxygens (including phenoxy) is 3. The number of carbonyl (C=O) groups excluding carboxylic acids is 1. The maximum absolute atomic E-state index is 12.5. The Bertz CT molecular complexity index is 760. The highest BCUT2D eigenvalue weighted by Gasteiger charge is 2.21. The molecule has 1 N–H and O–H groups in total. The molecular weight excluding hydrogens is 370 g/mol. The minimum absolute atomic E-state index is 0.0963. The van der Waals surface area contributed by atoms with Gasteiger partial charge < -0.3 is 24.2 Å². The first-order valence-electron chi connectivity index (χ1n) is 9.80. The number of rotatable bonds is 11. The van der Waals surface area contributed by atoms with E-state index in [4.69, 9.17) is 14.2 Å². The second kappa shape index (κ2) is 11.4. The van der Waals surface area contributed by atoms with Gasteiger partial charge in [0.2, 0.25) is 0 Å². The predicted molar refractivity (Wildman–Crippen MR) is 113 cm³/mol. The highest BCUT2D eigenvalue weighted by molar-refractivity contribution is 5.92. The fourth-order valence-corrected chi connectivity index (χ4v) is 2.68. The highest BCUT2D eigenvalue weighted by atomic mass is 16.6. The third-order valence-corrected chi connectivity index (χ3v) is 4.72. The van der Waals surface area contributed by atoms with Crippen LogP contribution in [-0.4, -0.2) is 62.0 Å². The lowest BCUT2D eigenvalue weighted by Crippen LogP contribution is -2.39. The Kier molecular flexibility index (Phi) is 8.96. The molecule has 0 aliphatic carbocycles. The molecular formula is C23H31NO5. The summed E-state index contributed by atoms with van der Waals surface area (Å²) in [6.07, 6.45) is 0.360. The molecule has 0 spiro atoms. The molecule has 1 atom stereocenters. The van der Waals surface area contributed by atoms with Gasteiger partial charge in [-0.1, -0.05) is 24.3 Å². The Morgan fingerprint density at radius 3 is 2.41 bits per heavy atom. The Morgan fingerprint density at radius 1 is 1.10 bits per heavy atom. The molecule has 0 fully saturated rings. The van der Waals surface area contributed by atoms with Crippen LogP contribution in [0.3, 0.4) is 0 Å². The van der Waals surface area contributed by atoms with E-state index in [1.807, 2.05) is 31.3 Å². The molecule has 0 bridgehead atoms. The maximum Gasteiger partial charge on any atom is 0.342 e. The van der Waals surface area contributed by atoms with E-state index in [2.05, 4.69) is 18.7 Å². The lowest BCUT2D eigenvalue weighted by Gasteiger charge is -2.27. The van der Waals surface area contributed by atoms with Crippen molar-refractivity contribution in [3.63, 3.8) is 0 Å². The summed E-state index contributed by atoms with van der Waals surface area (Å²) in [5, 5.41) is 9.91. The van der Waals surface area contributed by atoms with E-state index in [0.717, 1.165) is 6.42 Å². The quantitative estimate of drug-likeness (QED) is 0.581. The van der Waals surface area contributed by atoms with Crippen molar-refractivity contribution in [1.82, 2.24) is 4.90 Å². The smallest absolute Gasteiger partial charge is 0.342 e. The van der Waals surface area contributed by atoms with Crippen LogP contribution in [-0.2, 0) is 15.9 Å². The van der Waals surface area contributed by atoms with Gasteiger partial charge in [-0.05, 0) is 57.1 Å². The van der Waals surface area contributed by atoms with Gasteiger partial charge >= 0.3 is 5.97 Å². The minimum atomic E-state index is -0.566. The fraction of sp³-hybridized carbons (Fsp3) is 0.435. The number of hydrogen-bond acceptors (Lipinski definition) is 6. The molecule has 6 heteroatoms. The number of hydrogen-bond donors (Lipinski definition) is 1. The van der Waals surface area contributed by atoms with Crippen LogP contribution >= 0.6 is 0 Å². The molecule has 0 aliphatic heterocycles. The average Bonchev–Trinajstić information content (AvgIpc) is 2.71. The molecule has 0 saturated heterocycles. The van der Waals surface area contributed by atoms with Crippen molar-refractivity contribution >= 4 is 5.97 Å². The molecule has 6 nitrogen and oxygen atoms in total. The maximum atomic E-state index is 12.5. The fourth-order valence-electron chi connectivity index (χ4n) is 2.68. The van der Waals surface area contributed by atoms with Crippen LogP contribution in [0, 0.1) is 0 Å². The molecule has 0 aromatic heterocycles. The third kappa shape index (κ3) is 7.40. The SMILES string of the molecule is COCCc1ccc(OCC(CN(C)C(C)C)OC(=O)c2ccccc2O)cc1. The number of esters is 1. The molecule has 29 heavy (non-hydrogen) atoms. The number of methoxy groups -OCH3 is 1. The lowest BCUT2D eigenvalue weighted by atomic mass is 10.1.